The maximum Gasteiger partial charge on any atom is 0.267 e. The van der Waals surface area contributed by atoms with Gasteiger partial charge in [-0.15, -0.1) is 0 Å². The molecule has 4 rings (SSSR count). The number of nitrogen functional groups attached to an aromatic ring is 1. The Hall–Kier alpha value is -3.97. The number of benzene rings is 2. The third-order valence-corrected chi connectivity index (χ3v) is 7.14. The van der Waals surface area contributed by atoms with E-state index in [1.165, 1.54) is 10.7 Å². The molecular formula is C32H39N5O2. The van der Waals surface area contributed by atoms with Crippen molar-refractivity contribution >= 4 is 17.6 Å². The van der Waals surface area contributed by atoms with Gasteiger partial charge in [-0.2, -0.15) is 5.10 Å². The van der Waals surface area contributed by atoms with Crippen molar-refractivity contribution in [3.05, 3.63) is 101 Å². The Morgan fingerprint density at radius 1 is 1.15 bits per heavy atom. The van der Waals surface area contributed by atoms with Gasteiger partial charge < -0.3 is 15.4 Å². The van der Waals surface area contributed by atoms with Crippen LogP contribution in [0.1, 0.15) is 44.7 Å². The minimum Gasteiger partial charge on any atom is -0.492 e. The summed E-state index contributed by atoms with van der Waals surface area (Å²) < 4.78 is 7.54. The fourth-order valence-corrected chi connectivity index (χ4v) is 4.70. The van der Waals surface area contributed by atoms with E-state index in [0.29, 0.717) is 42.2 Å². The van der Waals surface area contributed by atoms with Crippen molar-refractivity contribution in [1.82, 2.24) is 14.7 Å². The highest BCUT2D eigenvalue weighted by Crippen LogP contribution is 2.21. The predicted molar refractivity (Wildman–Crippen MR) is 161 cm³/mol. The van der Waals surface area contributed by atoms with E-state index in [4.69, 9.17) is 10.5 Å². The number of piperidine rings is 1. The summed E-state index contributed by atoms with van der Waals surface area (Å²) in [7, 11) is 0. The quantitative estimate of drug-likeness (QED) is 0.211. The first-order valence-electron chi connectivity index (χ1n) is 13.6. The smallest absolute Gasteiger partial charge is 0.267 e. The van der Waals surface area contributed by atoms with Crippen molar-refractivity contribution in [2.75, 3.05) is 25.4 Å². The number of likely N-dealkylation sites (tertiary alicyclic amines) is 1. The Bertz CT molecular complexity index is 1400. The Kier molecular flexibility index (Phi) is 9.49. The van der Waals surface area contributed by atoms with Crippen LogP contribution in [0.5, 0.6) is 0 Å². The first-order chi connectivity index (χ1) is 18.8. The summed E-state index contributed by atoms with van der Waals surface area (Å²) >= 11 is 0. The zero-order valence-corrected chi connectivity index (χ0v) is 23.2. The third-order valence-electron chi connectivity index (χ3n) is 7.14. The molecule has 2 heterocycles. The van der Waals surface area contributed by atoms with E-state index in [2.05, 4.69) is 35.4 Å². The monoisotopic (exact) mass is 525 g/mol. The van der Waals surface area contributed by atoms with Crippen LogP contribution in [0.25, 0.3) is 17.0 Å². The Balaban J connectivity index is 1.38. The highest BCUT2D eigenvalue weighted by molar-refractivity contribution is 5.82. The molecule has 0 atom stereocenters. The fraction of sp³-hybridized carbons (Fsp3) is 0.344. The minimum atomic E-state index is -0.172. The van der Waals surface area contributed by atoms with Crippen LogP contribution in [0.3, 0.4) is 0 Å². The predicted octanol–water partition coefficient (Wildman–Crippen LogP) is 5.62. The van der Waals surface area contributed by atoms with Gasteiger partial charge in [0.1, 0.15) is 5.76 Å². The molecule has 39 heavy (non-hydrogen) atoms. The minimum absolute atomic E-state index is 0.172. The zero-order valence-electron chi connectivity index (χ0n) is 23.2. The molecule has 1 aromatic heterocycles. The topological polar surface area (TPSA) is 85.7 Å². The van der Waals surface area contributed by atoms with E-state index >= 15 is 0 Å². The molecule has 0 amide bonds. The maximum atomic E-state index is 12.5. The molecule has 2 N–H and O–H groups in total. The van der Waals surface area contributed by atoms with Crippen molar-refractivity contribution in [1.29, 1.82) is 0 Å². The molecule has 0 saturated carbocycles. The summed E-state index contributed by atoms with van der Waals surface area (Å²) in [5, 5.41) is 4.57. The van der Waals surface area contributed by atoms with E-state index in [0.717, 1.165) is 48.4 Å². The van der Waals surface area contributed by atoms with Crippen LogP contribution < -0.4 is 11.3 Å². The average Bonchev–Trinajstić information content (AvgIpc) is 2.94. The Morgan fingerprint density at radius 3 is 2.64 bits per heavy atom. The lowest BCUT2D eigenvalue weighted by molar-refractivity contribution is 0.0986. The van der Waals surface area contributed by atoms with Gasteiger partial charge in [-0.3, -0.25) is 9.79 Å². The molecule has 0 spiro atoms. The summed E-state index contributed by atoms with van der Waals surface area (Å²) in [4.78, 5) is 19.6. The van der Waals surface area contributed by atoms with Crippen LogP contribution in [-0.2, 0) is 11.3 Å². The lowest BCUT2D eigenvalue weighted by Crippen LogP contribution is -2.39. The second kappa shape index (κ2) is 13.2. The molecular weight excluding hydrogens is 486 g/mol. The highest BCUT2D eigenvalue weighted by Gasteiger charge is 2.21. The molecule has 7 heteroatoms. The zero-order chi connectivity index (χ0) is 27.8. The SMILES string of the molecule is C=C(N=C/C(=C\C)OCC1CCN(C(C)C)CC1)c1cccc(Cn2nc(-c3cccc(N)c3)ccc2=O)c1. The largest absolute Gasteiger partial charge is 0.492 e. The van der Waals surface area contributed by atoms with Crippen molar-refractivity contribution < 1.29 is 4.74 Å². The second-order valence-corrected chi connectivity index (χ2v) is 10.3. The second-order valence-electron chi connectivity index (χ2n) is 10.3. The molecule has 1 aliphatic rings. The molecule has 1 aliphatic heterocycles. The molecule has 2 aromatic carbocycles. The molecule has 0 bridgehead atoms. The van der Waals surface area contributed by atoms with Crippen LogP contribution in [0.2, 0.25) is 0 Å². The van der Waals surface area contributed by atoms with Crippen LogP contribution >= 0.6 is 0 Å². The van der Waals surface area contributed by atoms with Crippen LogP contribution in [0, 0.1) is 5.92 Å². The number of hydrogen-bond donors (Lipinski definition) is 1. The summed E-state index contributed by atoms with van der Waals surface area (Å²) in [5.41, 5.74) is 10.4. The molecule has 0 radical (unpaired) electrons. The van der Waals surface area contributed by atoms with Crippen LogP contribution in [0.4, 0.5) is 5.69 Å². The number of hydrogen-bond acceptors (Lipinski definition) is 6. The van der Waals surface area contributed by atoms with Crippen LogP contribution in [0.15, 0.2) is 88.9 Å². The number of nitrogens with two attached hydrogens (primary N) is 1. The van der Waals surface area contributed by atoms with Gasteiger partial charge in [0.25, 0.3) is 5.56 Å². The van der Waals surface area contributed by atoms with Gasteiger partial charge in [0.15, 0.2) is 0 Å². The fourth-order valence-electron chi connectivity index (χ4n) is 4.70. The van der Waals surface area contributed by atoms with E-state index in [1.807, 2.05) is 61.5 Å². The van der Waals surface area contributed by atoms with Gasteiger partial charge >= 0.3 is 0 Å². The Morgan fingerprint density at radius 2 is 1.92 bits per heavy atom. The molecule has 7 nitrogen and oxygen atoms in total. The molecule has 3 aromatic rings. The first kappa shape index (κ1) is 28.0. The molecule has 0 unspecified atom stereocenters. The molecule has 204 valence electrons. The van der Waals surface area contributed by atoms with E-state index in [-0.39, 0.29) is 5.56 Å². The maximum absolute atomic E-state index is 12.5. The molecule has 0 aliphatic carbocycles. The number of allylic oxidation sites excluding steroid dienone is 2. The van der Waals surface area contributed by atoms with Crippen molar-refractivity contribution in [3.8, 4) is 11.3 Å². The summed E-state index contributed by atoms with van der Waals surface area (Å²) in [6, 6.07) is 19.2. The van der Waals surface area contributed by atoms with Crippen LogP contribution in [-0.4, -0.2) is 46.6 Å². The van der Waals surface area contributed by atoms with Gasteiger partial charge in [0.2, 0.25) is 0 Å². The number of aliphatic imine (C=N–C) groups is 1. The number of rotatable bonds is 10. The number of aromatic nitrogens is 2. The Labute approximate surface area is 231 Å². The normalized spacial score (nSPS) is 15.2. The molecule has 1 saturated heterocycles. The van der Waals surface area contributed by atoms with Crippen molar-refractivity contribution in [2.24, 2.45) is 10.9 Å². The highest BCUT2D eigenvalue weighted by atomic mass is 16.5. The first-order valence-corrected chi connectivity index (χ1v) is 13.6. The van der Waals surface area contributed by atoms with E-state index in [1.54, 1.807) is 12.3 Å². The number of nitrogens with zero attached hydrogens (tertiary/aromatic N) is 4. The number of ether oxygens (including phenoxy) is 1. The van der Waals surface area contributed by atoms with E-state index in [9.17, 15) is 4.79 Å². The van der Waals surface area contributed by atoms with Gasteiger partial charge in [-0.25, -0.2) is 4.68 Å². The van der Waals surface area contributed by atoms with Gasteiger partial charge in [-0.1, -0.05) is 36.9 Å². The lowest BCUT2D eigenvalue weighted by atomic mass is 9.97. The summed E-state index contributed by atoms with van der Waals surface area (Å²) in [5.74, 6) is 1.31. The van der Waals surface area contributed by atoms with E-state index < -0.39 is 0 Å². The third kappa shape index (κ3) is 7.77. The van der Waals surface area contributed by atoms with Crippen molar-refractivity contribution in [2.45, 2.75) is 46.2 Å². The summed E-state index contributed by atoms with van der Waals surface area (Å²) in [6.45, 7) is 13.9. The van der Waals surface area contributed by atoms with Gasteiger partial charge in [0.05, 0.1) is 30.8 Å². The standard InChI is InChI=1S/C32H39N5O2/c1-5-30(39-22-25-14-16-36(17-15-25)23(2)3)20-34-24(4)27-9-6-8-26(18-27)21-37-32(38)13-12-31(35-37)28-10-7-11-29(33)19-28/h5-13,18-20,23,25H,4,14-17,21-22,33H2,1-3H3/b30-5+,34-20?. The lowest BCUT2D eigenvalue weighted by Gasteiger charge is -2.34. The van der Waals surface area contributed by atoms with Gasteiger partial charge in [-0.05, 0) is 94.1 Å². The van der Waals surface area contributed by atoms with Gasteiger partial charge in [0, 0.05) is 23.4 Å². The number of anilines is 1. The summed E-state index contributed by atoms with van der Waals surface area (Å²) in [6.07, 6.45) is 5.99. The molecule has 1 fully saturated rings. The van der Waals surface area contributed by atoms with Crippen molar-refractivity contribution in [3.63, 3.8) is 0 Å². The average molecular weight is 526 g/mol.